The molecule has 37 heavy (non-hydrogen) atoms. The van der Waals surface area contributed by atoms with Crippen LogP contribution < -0.4 is 0 Å². The summed E-state index contributed by atoms with van der Waals surface area (Å²) >= 11 is 0. The van der Waals surface area contributed by atoms with Gasteiger partial charge in [0.25, 0.3) is 0 Å². The number of esters is 2. The maximum Gasteiger partial charge on any atom is 0.338 e. The van der Waals surface area contributed by atoms with Crippen LogP contribution in [0.1, 0.15) is 65.9 Å². The SMILES string of the molecule is Cc1ccc2c(c1)[C@]13c4cccc(C)c4[C@@H]1C(OC(=O)c1ccccc1)C(OC(=O)c1ccccc1)C23. The highest BCUT2D eigenvalue weighted by molar-refractivity contribution is 5.91. The Morgan fingerprint density at radius 1 is 0.649 bits per heavy atom. The normalized spacial score (nSPS) is 25.9. The molecule has 4 aromatic rings. The second-order valence-corrected chi connectivity index (χ2v) is 10.4. The van der Waals surface area contributed by atoms with Crippen molar-refractivity contribution in [1.29, 1.82) is 0 Å². The minimum Gasteiger partial charge on any atom is -0.454 e. The molecule has 4 nitrogen and oxygen atoms in total. The molecular formula is C33H26O4. The molecule has 0 amide bonds. The van der Waals surface area contributed by atoms with Gasteiger partial charge in [-0.15, -0.1) is 0 Å². The fourth-order valence-corrected chi connectivity index (χ4v) is 7.12. The number of rotatable bonds is 4. The molecule has 5 atom stereocenters. The van der Waals surface area contributed by atoms with Crippen molar-refractivity contribution >= 4 is 11.9 Å². The van der Waals surface area contributed by atoms with E-state index >= 15 is 0 Å². The van der Waals surface area contributed by atoms with E-state index in [1.54, 1.807) is 24.3 Å². The molecule has 3 aliphatic rings. The zero-order valence-corrected chi connectivity index (χ0v) is 20.7. The van der Waals surface area contributed by atoms with E-state index in [0.29, 0.717) is 11.1 Å². The molecule has 3 unspecified atom stereocenters. The van der Waals surface area contributed by atoms with Crippen molar-refractivity contribution in [2.75, 3.05) is 0 Å². The standard InChI is InChI=1S/C33H26O4/c1-19-16-17-23-25(18-19)33-24-15-9-10-20(2)26(24)28(33)30(37-32(35)22-13-7-4-8-14-22)29(27(23)33)36-31(34)21-11-5-3-6-12-21/h3-18,27-30H,1-2H3/t27?,28-,29?,30?,33+/m1/s1. The van der Waals surface area contributed by atoms with Gasteiger partial charge in [0, 0.05) is 17.3 Å². The molecule has 182 valence electrons. The van der Waals surface area contributed by atoms with Gasteiger partial charge >= 0.3 is 11.9 Å². The van der Waals surface area contributed by atoms with E-state index in [1.807, 2.05) is 36.4 Å². The lowest BCUT2D eigenvalue weighted by Crippen LogP contribution is -2.54. The lowest BCUT2D eigenvalue weighted by Gasteiger charge is -2.58. The van der Waals surface area contributed by atoms with Crippen LogP contribution in [0.5, 0.6) is 0 Å². The average Bonchev–Trinajstić information content (AvgIpc) is 3.09. The molecule has 1 saturated carbocycles. The number of hydrogen-bond donors (Lipinski definition) is 0. The fraction of sp³-hybridized carbons (Fsp3) is 0.212. The monoisotopic (exact) mass is 486 g/mol. The number of carbonyl (C=O) groups excluding carboxylic acids is 2. The molecule has 1 fully saturated rings. The zero-order chi connectivity index (χ0) is 25.3. The maximum atomic E-state index is 13.4. The van der Waals surface area contributed by atoms with E-state index in [2.05, 4.69) is 50.2 Å². The first-order valence-corrected chi connectivity index (χ1v) is 12.7. The Morgan fingerprint density at radius 3 is 1.86 bits per heavy atom. The van der Waals surface area contributed by atoms with E-state index in [1.165, 1.54) is 33.4 Å². The Kier molecular flexibility index (Phi) is 4.71. The van der Waals surface area contributed by atoms with Gasteiger partial charge in [-0.25, -0.2) is 9.59 Å². The minimum atomic E-state index is -0.605. The van der Waals surface area contributed by atoms with Crippen molar-refractivity contribution < 1.29 is 19.1 Å². The molecule has 0 aromatic heterocycles. The van der Waals surface area contributed by atoms with Crippen molar-refractivity contribution in [3.05, 3.63) is 142 Å². The molecule has 0 saturated heterocycles. The molecular weight excluding hydrogens is 460 g/mol. The molecule has 4 heteroatoms. The van der Waals surface area contributed by atoms with Crippen LogP contribution in [0, 0.1) is 13.8 Å². The molecule has 4 aromatic carbocycles. The average molecular weight is 487 g/mol. The third kappa shape index (κ3) is 2.90. The first-order chi connectivity index (χ1) is 18.0. The first-order valence-electron chi connectivity index (χ1n) is 12.7. The predicted molar refractivity (Wildman–Crippen MR) is 140 cm³/mol. The molecule has 0 aliphatic heterocycles. The molecule has 0 heterocycles. The van der Waals surface area contributed by atoms with Crippen LogP contribution >= 0.6 is 0 Å². The van der Waals surface area contributed by atoms with E-state index in [-0.39, 0.29) is 17.3 Å². The largest absolute Gasteiger partial charge is 0.454 e. The molecule has 0 radical (unpaired) electrons. The highest BCUT2D eigenvalue weighted by Gasteiger charge is 2.76. The maximum absolute atomic E-state index is 13.4. The van der Waals surface area contributed by atoms with Gasteiger partial charge in [-0.3, -0.25) is 0 Å². The lowest BCUT2D eigenvalue weighted by molar-refractivity contribution is -0.0318. The smallest absolute Gasteiger partial charge is 0.338 e. The Labute approximate surface area is 215 Å². The second-order valence-electron chi connectivity index (χ2n) is 10.4. The van der Waals surface area contributed by atoms with Gasteiger partial charge in [0.05, 0.1) is 11.1 Å². The molecule has 0 N–H and O–H groups in total. The Morgan fingerprint density at radius 2 is 1.24 bits per heavy atom. The van der Waals surface area contributed by atoms with Gasteiger partial charge in [-0.1, -0.05) is 78.4 Å². The third-order valence-corrected chi connectivity index (χ3v) is 8.54. The van der Waals surface area contributed by atoms with Crippen LogP contribution in [0.2, 0.25) is 0 Å². The highest BCUT2D eigenvalue weighted by atomic mass is 16.6. The van der Waals surface area contributed by atoms with Crippen molar-refractivity contribution in [3.8, 4) is 0 Å². The van der Waals surface area contributed by atoms with E-state index < -0.39 is 24.1 Å². The number of carbonyl (C=O) groups is 2. The van der Waals surface area contributed by atoms with Gasteiger partial charge < -0.3 is 9.47 Å². The second kappa shape index (κ2) is 7.91. The zero-order valence-electron chi connectivity index (χ0n) is 20.7. The van der Waals surface area contributed by atoms with Crippen LogP contribution in [-0.2, 0) is 14.9 Å². The summed E-state index contributed by atoms with van der Waals surface area (Å²) in [5.74, 6) is -0.956. The summed E-state index contributed by atoms with van der Waals surface area (Å²) in [6.45, 7) is 4.21. The van der Waals surface area contributed by atoms with Gasteiger partial charge in [0.1, 0.15) is 12.2 Å². The summed E-state index contributed by atoms with van der Waals surface area (Å²) in [7, 11) is 0. The molecule has 7 rings (SSSR count). The number of benzene rings is 4. The van der Waals surface area contributed by atoms with Crippen molar-refractivity contribution in [2.45, 2.75) is 43.3 Å². The first kappa shape index (κ1) is 22.1. The van der Waals surface area contributed by atoms with Gasteiger partial charge in [0.15, 0.2) is 0 Å². The summed E-state index contributed by atoms with van der Waals surface area (Å²) in [5, 5.41) is 0. The number of ether oxygens (including phenoxy) is 2. The quantitative estimate of drug-likeness (QED) is 0.320. The summed E-state index contributed by atoms with van der Waals surface area (Å²) in [4.78, 5) is 26.7. The van der Waals surface area contributed by atoms with Crippen LogP contribution in [0.3, 0.4) is 0 Å². The van der Waals surface area contributed by atoms with Gasteiger partial charge in [-0.2, -0.15) is 0 Å². The van der Waals surface area contributed by atoms with Crippen LogP contribution in [0.25, 0.3) is 0 Å². The Hall–Kier alpha value is -4.18. The Balaban J connectivity index is 1.37. The van der Waals surface area contributed by atoms with Crippen LogP contribution in [0.15, 0.2) is 97.1 Å². The topological polar surface area (TPSA) is 52.6 Å². The van der Waals surface area contributed by atoms with Crippen molar-refractivity contribution in [2.24, 2.45) is 0 Å². The summed E-state index contributed by atoms with van der Waals surface area (Å²) in [5.41, 5.74) is 7.92. The summed E-state index contributed by atoms with van der Waals surface area (Å²) in [6, 6.07) is 31.0. The Bertz CT molecular complexity index is 1550. The van der Waals surface area contributed by atoms with Gasteiger partial charge in [0.2, 0.25) is 0 Å². The highest BCUT2D eigenvalue weighted by Crippen LogP contribution is 2.77. The van der Waals surface area contributed by atoms with E-state index in [9.17, 15) is 9.59 Å². The minimum absolute atomic E-state index is 0.0794. The van der Waals surface area contributed by atoms with Crippen LogP contribution in [0.4, 0.5) is 0 Å². The van der Waals surface area contributed by atoms with Crippen molar-refractivity contribution in [1.82, 2.24) is 0 Å². The number of fused-ring (bicyclic) bond motifs is 4. The fourth-order valence-electron chi connectivity index (χ4n) is 7.12. The van der Waals surface area contributed by atoms with Crippen molar-refractivity contribution in [3.63, 3.8) is 0 Å². The van der Waals surface area contributed by atoms with E-state index in [0.717, 1.165) is 0 Å². The van der Waals surface area contributed by atoms with Crippen LogP contribution in [-0.4, -0.2) is 24.1 Å². The number of aryl methyl sites for hydroxylation is 2. The lowest BCUT2D eigenvalue weighted by atomic mass is 9.43. The third-order valence-electron chi connectivity index (χ3n) is 8.54. The molecule has 0 bridgehead atoms. The predicted octanol–water partition coefficient (Wildman–Crippen LogP) is 6.25. The molecule has 3 aliphatic carbocycles. The summed E-state index contributed by atoms with van der Waals surface area (Å²) in [6.07, 6.45) is -1.21. The van der Waals surface area contributed by atoms with E-state index in [4.69, 9.17) is 9.47 Å². The van der Waals surface area contributed by atoms with Gasteiger partial charge in [-0.05, 0) is 65.9 Å². The summed E-state index contributed by atoms with van der Waals surface area (Å²) < 4.78 is 12.6. The molecule has 1 spiro atoms. The number of hydrogen-bond acceptors (Lipinski definition) is 4.